The summed E-state index contributed by atoms with van der Waals surface area (Å²) < 4.78 is 27.9. The van der Waals surface area contributed by atoms with Crippen LogP contribution >= 0.6 is 10.7 Å². The summed E-state index contributed by atoms with van der Waals surface area (Å²) >= 11 is 0. The lowest BCUT2D eigenvalue weighted by Gasteiger charge is -2.20. The van der Waals surface area contributed by atoms with Crippen LogP contribution in [0.3, 0.4) is 0 Å². The molecule has 1 N–H and O–H groups in total. The molecule has 1 amide bonds. The van der Waals surface area contributed by atoms with Crippen LogP contribution in [0.25, 0.3) is 0 Å². The monoisotopic (exact) mass is 319 g/mol. The van der Waals surface area contributed by atoms with E-state index in [1.54, 1.807) is 6.07 Å². The summed E-state index contributed by atoms with van der Waals surface area (Å²) in [5.41, 5.74) is 0.206. The molecular formula is C13H18ClNO4S. The minimum Gasteiger partial charge on any atom is -0.495 e. The molecule has 5 nitrogen and oxygen atoms in total. The molecule has 0 aliphatic carbocycles. The van der Waals surface area contributed by atoms with Gasteiger partial charge in [0, 0.05) is 16.2 Å². The van der Waals surface area contributed by atoms with Gasteiger partial charge in [0.25, 0.3) is 9.05 Å². The van der Waals surface area contributed by atoms with Crippen molar-refractivity contribution in [3.8, 4) is 5.75 Å². The molecular weight excluding hydrogens is 302 g/mol. The lowest BCUT2D eigenvalue weighted by atomic mass is 10.1. The summed E-state index contributed by atoms with van der Waals surface area (Å²) in [7, 11) is 2.78. The minimum absolute atomic E-state index is 0.0701. The average molecular weight is 320 g/mol. The summed E-state index contributed by atoms with van der Waals surface area (Å²) in [5, 5.41) is 2.80. The van der Waals surface area contributed by atoms with Gasteiger partial charge in [0.1, 0.15) is 10.6 Å². The molecule has 1 aromatic carbocycles. The van der Waals surface area contributed by atoms with E-state index < -0.39 is 9.05 Å². The highest BCUT2D eigenvalue weighted by molar-refractivity contribution is 8.13. The lowest BCUT2D eigenvalue weighted by Crippen LogP contribution is -2.41. The number of hydrogen-bond acceptors (Lipinski definition) is 4. The number of ether oxygens (including phenoxy) is 1. The van der Waals surface area contributed by atoms with Gasteiger partial charge in [-0.25, -0.2) is 8.42 Å². The number of amides is 1. The summed E-state index contributed by atoms with van der Waals surface area (Å²) in [4.78, 5) is 11.7. The van der Waals surface area contributed by atoms with Crippen LogP contribution in [-0.2, 0) is 20.3 Å². The summed E-state index contributed by atoms with van der Waals surface area (Å²) in [6.07, 6.45) is 0.0701. The van der Waals surface area contributed by atoms with Crippen molar-refractivity contribution >= 4 is 25.6 Å². The molecule has 20 heavy (non-hydrogen) atoms. The number of halogens is 1. The molecule has 0 bridgehead atoms. The second-order valence-electron chi connectivity index (χ2n) is 5.40. The van der Waals surface area contributed by atoms with E-state index in [0.717, 1.165) is 0 Å². The molecule has 112 valence electrons. The number of carbonyl (C=O) groups is 1. The van der Waals surface area contributed by atoms with Crippen molar-refractivity contribution in [3.63, 3.8) is 0 Å². The fraction of sp³-hybridized carbons (Fsp3) is 0.462. The van der Waals surface area contributed by atoms with Crippen molar-refractivity contribution in [2.75, 3.05) is 7.11 Å². The van der Waals surface area contributed by atoms with Gasteiger partial charge in [-0.1, -0.05) is 6.07 Å². The summed E-state index contributed by atoms with van der Waals surface area (Å²) in [5.74, 6) is -0.0411. The quantitative estimate of drug-likeness (QED) is 0.862. The molecule has 0 heterocycles. The predicted octanol–water partition coefficient (Wildman–Crippen LogP) is 2.08. The summed E-state index contributed by atoms with van der Waals surface area (Å²) in [6, 6.07) is 4.46. The van der Waals surface area contributed by atoms with Crippen LogP contribution in [-0.4, -0.2) is 27.0 Å². The second kappa shape index (κ2) is 6.01. The average Bonchev–Trinajstić information content (AvgIpc) is 2.25. The molecule has 0 saturated carbocycles. The van der Waals surface area contributed by atoms with Crippen LogP contribution in [0.1, 0.15) is 26.3 Å². The van der Waals surface area contributed by atoms with Gasteiger partial charge in [-0.2, -0.15) is 0 Å². The van der Waals surface area contributed by atoms with Gasteiger partial charge in [-0.3, -0.25) is 4.79 Å². The van der Waals surface area contributed by atoms with Gasteiger partial charge in [0.05, 0.1) is 13.5 Å². The Hall–Kier alpha value is -1.27. The Morgan fingerprint density at radius 3 is 2.40 bits per heavy atom. The van der Waals surface area contributed by atoms with E-state index in [4.69, 9.17) is 15.4 Å². The van der Waals surface area contributed by atoms with E-state index in [0.29, 0.717) is 5.56 Å². The first kappa shape index (κ1) is 16.8. The minimum atomic E-state index is -3.92. The maximum absolute atomic E-state index is 11.8. The van der Waals surface area contributed by atoms with Gasteiger partial charge in [0.15, 0.2) is 0 Å². The highest BCUT2D eigenvalue weighted by atomic mass is 35.7. The Morgan fingerprint density at radius 2 is 1.95 bits per heavy atom. The van der Waals surface area contributed by atoms with Crippen molar-refractivity contribution in [3.05, 3.63) is 23.8 Å². The molecule has 0 atom stereocenters. The van der Waals surface area contributed by atoms with Gasteiger partial charge < -0.3 is 10.1 Å². The zero-order valence-corrected chi connectivity index (χ0v) is 13.4. The molecule has 0 aliphatic heterocycles. The van der Waals surface area contributed by atoms with Crippen LogP contribution in [0.15, 0.2) is 23.1 Å². The maximum Gasteiger partial charge on any atom is 0.264 e. The first-order valence-corrected chi connectivity index (χ1v) is 8.26. The number of carbonyl (C=O) groups excluding carboxylic acids is 1. The number of nitrogens with one attached hydrogen (secondary N) is 1. The van der Waals surface area contributed by atoms with Crippen LogP contribution in [0.5, 0.6) is 5.75 Å². The smallest absolute Gasteiger partial charge is 0.264 e. The molecule has 0 saturated heterocycles. The van der Waals surface area contributed by atoms with Crippen molar-refractivity contribution in [1.29, 1.82) is 0 Å². The molecule has 0 fully saturated rings. The number of rotatable bonds is 4. The van der Waals surface area contributed by atoms with Gasteiger partial charge in [-0.15, -0.1) is 0 Å². The lowest BCUT2D eigenvalue weighted by molar-refractivity contribution is -0.121. The molecule has 0 spiro atoms. The highest BCUT2D eigenvalue weighted by Crippen LogP contribution is 2.28. The van der Waals surface area contributed by atoms with E-state index in [1.807, 2.05) is 20.8 Å². The molecule has 7 heteroatoms. The first-order chi connectivity index (χ1) is 9.03. The molecule has 0 radical (unpaired) electrons. The molecule has 0 aromatic heterocycles. The van der Waals surface area contributed by atoms with E-state index in [1.165, 1.54) is 19.2 Å². The molecule has 0 aliphatic rings. The normalized spacial score (nSPS) is 12.1. The SMILES string of the molecule is COc1ccc(CC(=O)NC(C)(C)C)cc1S(=O)(=O)Cl. The third-order valence-electron chi connectivity index (χ3n) is 2.37. The van der Waals surface area contributed by atoms with Crippen LogP contribution < -0.4 is 10.1 Å². The topological polar surface area (TPSA) is 72.5 Å². The van der Waals surface area contributed by atoms with Crippen LogP contribution in [0.4, 0.5) is 0 Å². The Kier molecular flexibility index (Phi) is 5.05. The predicted molar refractivity (Wildman–Crippen MR) is 77.6 cm³/mol. The number of methoxy groups -OCH3 is 1. The van der Waals surface area contributed by atoms with Gasteiger partial charge in [0.2, 0.25) is 5.91 Å². The molecule has 1 rings (SSSR count). The van der Waals surface area contributed by atoms with Crippen molar-refractivity contribution in [1.82, 2.24) is 5.32 Å². The van der Waals surface area contributed by atoms with Crippen LogP contribution in [0.2, 0.25) is 0 Å². The Labute approximate surface area is 123 Å². The first-order valence-electron chi connectivity index (χ1n) is 5.95. The Balaban J connectivity index is 3.02. The zero-order chi connectivity index (χ0) is 15.6. The Morgan fingerprint density at radius 1 is 1.35 bits per heavy atom. The van der Waals surface area contributed by atoms with Crippen LogP contribution in [0, 0.1) is 0 Å². The summed E-state index contributed by atoms with van der Waals surface area (Å²) in [6.45, 7) is 5.61. The third kappa shape index (κ3) is 5.02. The largest absolute Gasteiger partial charge is 0.495 e. The van der Waals surface area contributed by atoms with E-state index in [-0.39, 0.29) is 28.5 Å². The van der Waals surface area contributed by atoms with Crippen molar-refractivity contribution in [2.45, 2.75) is 37.6 Å². The van der Waals surface area contributed by atoms with Crippen molar-refractivity contribution in [2.24, 2.45) is 0 Å². The Bertz CT molecular complexity index is 605. The molecule has 1 aromatic rings. The fourth-order valence-corrected chi connectivity index (χ4v) is 2.72. The molecule has 0 unspecified atom stereocenters. The standard InChI is InChI=1S/C13H18ClNO4S/c1-13(2,3)15-12(16)8-9-5-6-10(19-4)11(7-9)20(14,17)18/h5-7H,8H2,1-4H3,(H,15,16). The van der Waals surface area contributed by atoms with Gasteiger partial charge in [-0.05, 0) is 38.5 Å². The van der Waals surface area contributed by atoms with E-state index in [2.05, 4.69) is 5.32 Å². The maximum atomic E-state index is 11.8. The fourth-order valence-electron chi connectivity index (χ4n) is 1.67. The van der Waals surface area contributed by atoms with E-state index >= 15 is 0 Å². The van der Waals surface area contributed by atoms with Gasteiger partial charge >= 0.3 is 0 Å². The zero-order valence-electron chi connectivity index (χ0n) is 11.9. The van der Waals surface area contributed by atoms with Crippen molar-refractivity contribution < 1.29 is 17.9 Å². The number of hydrogen-bond donors (Lipinski definition) is 1. The number of benzene rings is 1. The third-order valence-corrected chi connectivity index (χ3v) is 3.71. The van der Waals surface area contributed by atoms with E-state index in [9.17, 15) is 13.2 Å². The second-order valence-corrected chi connectivity index (χ2v) is 7.93. The highest BCUT2D eigenvalue weighted by Gasteiger charge is 2.19.